The normalized spacial score (nSPS) is 10.7. The van der Waals surface area contributed by atoms with Gasteiger partial charge in [-0.3, -0.25) is 14.9 Å². The molecule has 0 saturated carbocycles. The molecule has 0 aliphatic rings. The molecule has 2 heterocycles. The van der Waals surface area contributed by atoms with E-state index in [2.05, 4.69) is 10.3 Å². The molecule has 0 atom stereocenters. The van der Waals surface area contributed by atoms with Crippen LogP contribution in [0.3, 0.4) is 0 Å². The lowest BCUT2D eigenvalue weighted by atomic mass is 10.2. The quantitative estimate of drug-likeness (QED) is 0.583. The first-order valence-corrected chi connectivity index (χ1v) is 9.02. The summed E-state index contributed by atoms with van der Waals surface area (Å²) in [7, 11) is 1.63. The van der Waals surface area contributed by atoms with Crippen LogP contribution in [-0.2, 0) is 7.05 Å². The van der Waals surface area contributed by atoms with Crippen molar-refractivity contribution >= 4 is 32.6 Å². The van der Waals surface area contributed by atoms with E-state index in [4.69, 9.17) is 4.74 Å². The van der Waals surface area contributed by atoms with E-state index in [-0.39, 0.29) is 11.5 Å². The summed E-state index contributed by atoms with van der Waals surface area (Å²) in [6.45, 7) is 0. The van der Waals surface area contributed by atoms with Crippen molar-refractivity contribution in [3.8, 4) is 11.5 Å². The summed E-state index contributed by atoms with van der Waals surface area (Å²) >= 11 is 1.35. The second-order valence-corrected chi connectivity index (χ2v) is 6.91. The van der Waals surface area contributed by atoms with E-state index in [1.165, 1.54) is 22.0 Å². The van der Waals surface area contributed by atoms with Gasteiger partial charge in [-0.1, -0.05) is 29.5 Å². The lowest BCUT2D eigenvalue weighted by Crippen LogP contribution is -2.19. The summed E-state index contributed by atoms with van der Waals surface area (Å²) in [4.78, 5) is 28.4. The zero-order valence-corrected chi connectivity index (χ0v) is 15.2. The van der Waals surface area contributed by atoms with Gasteiger partial charge in [-0.15, -0.1) is 0 Å². The Morgan fingerprint density at radius 3 is 2.67 bits per heavy atom. The number of hydrogen-bond donors (Lipinski definition) is 1. The zero-order valence-electron chi connectivity index (χ0n) is 14.4. The molecule has 0 spiro atoms. The summed E-state index contributed by atoms with van der Waals surface area (Å²) in [5.74, 6) is 1.08. The minimum Gasteiger partial charge on any atom is -0.457 e. The molecule has 1 amide bonds. The van der Waals surface area contributed by atoms with E-state index >= 15 is 0 Å². The van der Waals surface area contributed by atoms with E-state index in [1.807, 2.05) is 48.5 Å². The van der Waals surface area contributed by atoms with Gasteiger partial charge >= 0.3 is 0 Å². The number of nitrogens with zero attached hydrogens (tertiary/aromatic N) is 2. The van der Waals surface area contributed by atoms with Crippen molar-refractivity contribution in [1.29, 1.82) is 0 Å². The Labute approximate surface area is 158 Å². The number of nitrogens with one attached hydrogen (secondary N) is 1. The Balaban J connectivity index is 1.55. The number of hydrogen-bond acceptors (Lipinski definition) is 5. The molecule has 4 rings (SSSR count). The average Bonchev–Trinajstić information content (AvgIpc) is 3.06. The molecule has 2 aromatic carbocycles. The van der Waals surface area contributed by atoms with E-state index in [0.29, 0.717) is 16.4 Å². The largest absolute Gasteiger partial charge is 0.457 e. The highest BCUT2D eigenvalue weighted by atomic mass is 32.1. The van der Waals surface area contributed by atoms with Crippen molar-refractivity contribution in [1.82, 2.24) is 9.55 Å². The number of fused-ring (bicyclic) bond motifs is 1. The molecule has 0 aliphatic carbocycles. The highest BCUT2D eigenvalue weighted by Crippen LogP contribution is 2.31. The van der Waals surface area contributed by atoms with Crippen LogP contribution in [0.15, 0.2) is 71.7 Å². The van der Waals surface area contributed by atoms with Gasteiger partial charge in [-0.25, -0.2) is 4.98 Å². The predicted octanol–water partition coefficient (Wildman–Crippen LogP) is 4.04. The van der Waals surface area contributed by atoms with Gasteiger partial charge in [0.05, 0.1) is 10.2 Å². The van der Waals surface area contributed by atoms with Crippen molar-refractivity contribution in [2.24, 2.45) is 7.05 Å². The number of aromatic nitrogens is 2. The second-order valence-electron chi connectivity index (χ2n) is 5.88. The topological polar surface area (TPSA) is 73.2 Å². The number of para-hydroxylation sites is 1. The van der Waals surface area contributed by atoms with Gasteiger partial charge in [-0.2, -0.15) is 0 Å². The summed E-state index contributed by atoms with van der Waals surface area (Å²) < 4.78 is 8.12. The molecule has 7 heteroatoms. The summed E-state index contributed by atoms with van der Waals surface area (Å²) in [6, 6.07) is 18.0. The van der Waals surface area contributed by atoms with Gasteiger partial charge in [0.2, 0.25) is 0 Å². The minimum absolute atomic E-state index is 0.241. The van der Waals surface area contributed by atoms with Crippen LogP contribution in [0.1, 0.15) is 10.4 Å². The van der Waals surface area contributed by atoms with Gasteiger partial charge in [-0.05, 0) is 30.3 Å². The first kappa shape index (κ1) is 17.0. The number of rotatable bonds is 4. The average molecular weight is 377 g/mol. The van der Waals surface area contributed by atoms with Crippen molar-refractivity contribution in [3.05, 3.63) is 82.8 Å². The molecular weight excluding hydrogens is 362 g/mol. The van der Waals surface area contributed by atoms with Crippen LogP contribution in [-0.4, -0.2) is 15.5 Å². The lowest BCUT2D eigenvalue weighted by molar-refractivity contribution is 0.102. The predicted molar refractivity (Wildman–Crippen MR) is 106 cm³/mol. The van der Waals surface area contributed by atoms with Crippen LogP contribution >= 0.6 is 11.3 Å². The molecule has 0 aliphatic heterocycles. The molecule has 1 N–H and O–H groups in total. The van der Waals surface area contributed by atoms with Crippen LogP contribution in [0.2, 0.25) is 0 Å². The first-order valence-electron chi connectivity index (χ1n) is 8.20. The molecule has 134 valence electrons. The van der Waals surface area contributed by atoms with Crippen LogP contribution < -0.4 is 15.6 Å². The van der Waals surface area contributed by atoms with Crippen LogP contribution in [0.25, 0.3) is 10.2 Å². The van der Waals surface area contributed by atoms with Gasteiger partial charge in [0.25, 0.3) is 11.5 Å². The van der Waals surface area contributed by atoms with Gasteiger partial charge in [0.15, 0.2) is 5.13 Å². The van der Waals surface area contributed by atoms with Crippen molar-refractivity contribution in [2.75, 3.05) is 5.32 Å². The van der Waals surface area contributed by atoms with E-state index in [0.717, 1.165) is 16.0 Å². The van der Waals surface area contributed by atoms with Crippen LogP contribution in [0.4, 0.5) is 5.13 Å². The molecule has 0 unspecified atom stereocenters. The number of thiazole rings is 1. The van der Waals surface area contributed by atoms with Crippen molar-refractivity contribution in [2.45, 2.75) is 0 Å². The third-order valence-electron chi connectivity index (χ3n) is 3.93. The molecule has 0 saturated heterocycles. The molecule has 0 bridgehead atoms. The molecule has 27 heavy (non-hydrogen) atoms. The standard InChI is InChI=1S/C20H15N3O3S/c1-23-10-9-13(11-18(23)24)19(25)22-20-21-16-8-7-15(12-17(16)27-20)26-14-5-3-2-4-6-14/h2-12H,1H3,(H,21,22,25). The Kier molecular flexibility index (Phi) is 4.43. The van der Waals surface area contributed by atoms with Crippen molar-refractivity contribution in [3.63, 3.8) is 0 Å². The SMILES string of the molecule is Cn1ccc(C(=O)Nc2nc3ccc(Oc4ccccc4)cc3s2)cc1=O. The van der Waals surface area contributed by atoms with Crippen molar-refractivity contribution < 1.29 is 9.53 Å². The number of benzene rings is 2. The molecule has 6 nitrogen and oxygen atoms in total. The van der Waals surface area contributed by atoms with Gasteiger partial charge < -0.3 is 9.30 Å². The number of carbonyl (C=O) groups is 1. The summed E-state index contributed by atoms with van der Waals surface area (Å²) in [5.41, 5.74) is 0.819. The molecule has 0 fully saturated rings. The zero-order chi connectivity index (χ0) is 18.8. The number of ether oxygens (including phenoxy) is 1. The number of aryl methyl sites for hydroxylation is 1. The van der Waals surface area contributed by atoms with E-state index < -0.39 is 0 Å². The Morgan fingerprint density at radius 1 is 1.07 bits per heavy atom. The summed E-state index contributed by atoms with van der Waals surface area (Å²) in [5, 5.41) is 3.21. The number of anilines is 1. The molecule has 2 aromatic heterocycles. The lowest BCUT2D eigenvalue weighted by Gasteiger charge is -2.04. The molecule has 4 aromatic rings. The molecule has 0 radical (unpaired) electrons. The Morgan fingerprint density at radius 2 is 1.89 bits per heavy atom. The number of amides is 1. The fraction of sp³-hybridized carbons (Fsp3) is 0.0500. The third kappa shape index (κ3) is 3.73. The van der Waals surface area contributed by atoms with Gasteiger partial charge in [0, 0.05) is 30.9 Å². The minimum atomic E-state index is -0.368. The maximum Gasteiger partial charge on any atom is 0.257 e. The van der Waals surface area contributed by atoms with E-state index in [9.17, 15) is 9.59 Å². The fourth-order valence-corrected chi connectivity index (χ4v) is 3.39. The van der Waals surface area contributed by atoms with Gasteiger partial charge in [0.1, 0.15) is 11.5 Å². The Hall–Kier alpha value is -3.45. The second kappa shape index (κ2) is 7.05. The highest BCUT2D eigenvalue weighted by Gasteiger charge is 2.11. The smallest absolute Gasteiger partial charge is 0.257 e. The fourth-order valence-electron chi connectivity index (χ4n) is 2.51. The highest BCUT2D eigenvalue weighted by molar-refractivity contribution is 7.22. The first-order chi connectivity index (χ1) is 13.1. The third-order valence-corrected chi connectivity index (χ3v) is 4.86. The van der Waals surface area contributed by atoms with E-state index in [1.54, 1.807) is 19.3 Å². The van der Waals surface area contributed by atoms with Crippen LogP contribution in [0.5, 0.6) is 11.5 Å². The monoisotopic (exact) mass is 377 g/mol. The van der Waals surface area contributed by atoms with Crippen LogP contribution in [0, 0.1) is 0 Å². The maximum atomic E-state index is 12.3. The number of pyridine rings is 1. The maximum absolute atomic E-state index is 12.3. The summed E-state index contributed by atoms with van der Waals surface area (Å²) in [6.07, 6.45) is 1.56. The number of carbonyl (C=O) groups excluding carboxylic acids is 1. The molecular formula is C20H15N3O3S. The Bertz CT molecular complexity index is 1180.